The topological polar surface area (TPSA) is 38.9 Å². The van der Waals surface area contributed by atoms with Crippen LogP contribution in [0.3, 0.4) is 0 Å². The monoisotopic (exact) mass is 328 g/mol. The summed E-state index contributed by atoms with van der Waals surface area (Å²) in [6.07, 6.45) is 0. The molecule has 0 aromatic carbocycles. The largest absolute Gasteiger partial charge is 0.383 e. The molecule has 0 radical (unpaired) electrons. The van der Waals surface area contributed by atoms with E-state index in [0.29, 0.717) is 10.0 Å². The van der Waals surface area contributed by atoms with E-state index in [9.17, 15) is 8.78 Å². The van der Waals surface area contributed by atoms with Gasteiger partial charge >= 0.3 is 0 Å². The van der Waals surface area contributed by atoms with Crippen molar-refractivity contribution >= 4 is 37.7 Å². The van der Waals surface area contributed by atoms with Gasteiger partial charge in [0.15, 0.2) is 0 Å². The van der Waals surface area contributed by atoms with E-state index in [1.807, 2.05) is 0 Å². The summed E-state index contributed by atoms with van der Waals surface area (Å²) in [6.45, 7) is 2.47. The van der Waals surface area contributed by atoms with Gasteiger partial charge in [-0.2, -0.15) is 8.78 Å². The van der Waals surface area contributed by atoms with Gasteiger partial charge in [-0.25, -0.2) is 4.98 Å². The Kier molecular flexibility index (Phi) is 3.16. The minimum Gasteiger partial charge on any atom is -0.383 e. The molecule has 1 aromatic rings. The van der Waals surface area contributed by atoms with Crippen LogP contribution in [0.2, 0.25) is 0 Å². The van der Waals surface area contributed by atoms with Crippen LogP contribution in [0.25, 0.3) is 0 Å². The van der Waals surface area contributed by atoms with Gasteiger partial charge in [-0.15, -0.1) is 0 Å². The fourth-order valence-corrected chi connectivity index (χ4v) is 2.16. The molecule has 78 valence electrons. The number of nitrogens with zero attached hydrogens (tertiary/aromatic N) is 1. The van der Waals surface area contributed by atoms with Gasteiger partial charge in [-0.1, -0.05) is 0 Å². The predicted octanol–water partition coefficient (Wildman–Crippen LogP) is 3.61. The first-order chi connectivity index (χ1) is 6.25. The van der Waals surface area contributed by atoms with Crippen molar-refractivity contribution in [3.63, 3.8) is 0 Å². The third-order valence-electron chi connectivity index (χ3n) is 1.74. The highest BCUT2D eigenvalue weighted by Crippen LogP contribution is 2.37. The Morgan fingerprint density at radius 2 is 1.79 bits per heavy atom. The first-order valence-electron chi connectivity index (χ1n) is 3.74. The second-order valence-electron chi connectivity index (χ2n) is 2.99. The van der Waals surface area contributed by atoms with Gasteiger partial charge < -0.3 is 5.73 Å². The van der Waals surface area contributed by atoms with Crippen LogP contribution in [0.15, 0.2) is 8.95 Å². The van der Waals surface area contributed by atoms with Gasteiger partial charge in [0.2, 0.25) is 0 Å². The molecule has 0 fully saturated rings. The van der Waals surface area contributed by atoms with Crippen molar-refractivity contribution in [3.8, 4) is 0 Å². The van der Waals surface area contributed by atoms with Crippen molar-refractivity contribution in [2.75, 3.05) is 5.73 Å². The van der Waals surface area contributed by atoms with Gasteiger partial charge in [0.05, 0.1) is 4.47 Å². The number of alkyl halides is 2. The van der Waals surface area contributed by atoms with E-state index in [0.717, 1.165) is 6.92 Å². The number of rotatable bonds is 1. The first-order valence-corrected chi connectivity index (χ1v) is 5.33. The van der Waals surface area contributed by atoms with Crippen LogP contribution in [0, 0.1) is 6.92 Å². The van der Waals surface area contributed by atoms with Gasteiger partial charge in [0.1, 0.15) is 11.5 Å². The van der Waals surface area contributed by atoms with Crippen LogP contribution in [-0.2, 0) is 5.92 Å². The molecule has 0 saturated carbocycles. The molecule has 0 unspecified atom stereocenters. The molecule has 0 aliphatic carbocycles. The van der Waals surface area contributed by atoms with Crippen LogP contribution in [0.1, 0.15) is 18.2 Å². The zero-order valence-electron chi connectivity index (χ0n) is 7.54. The number of nitrogens with two attached hydrogens (primary N) is 1. The van der Waals surface area contributed by atoms with Gasteiger partial charge in [-0.3, -0.25) is 0 Å². The molecule has 0 bridgehead atoms. The minimum atomic E-state index is -3.00. The molecule has 0 atom stereocenters. The van der Waals surface area contributed by atoms with Crippen LogP contribution in [0.5, 0.6) is 0 Å². The van der Waals surface area contributed by atoms with E-state index in [4.69, 9.17) is 5.73 Å². The highest BCUT2D eigenvalue weighted by Gasteiger charge is 2.31. The summed E-state index contributed by atoms with van der Waals surface area (Å²) in [7, 11) is 0. The molecule has 1 heterocycles. The van der Waals surface area contributed by atoms with Crippen LogP contribution >= 0.6 is 31.9 Å². The molecular weight excluding hydrogens is 322 g/mol. The maximum absolute atomic E-state index is 13.0. The Morgan fingerprint density at radius 1 is 1.29 bits per heavy atom. The molecule has 2 nitrogen and oxygen atoms in total. The van der Waals surface area contributed by atoms with Gasteiger partial charge in [0.25, 0.3) is 5.92 Å². The molecule has 1 aromatic heterocycles. The lowest BCUT2D eigenvalue weighted by atomic mass is 10.2. The number of hydrogen-bond donors (Lipinski definition) is 1. The molecule has 0 saturated heterocycles. The normalized spacial score (nSPS) is 11.9. The average Bonchev–Trinajstić information content (AvgIpc) is 2.06. The second-order valence-corrected chi connectivity index (χ2v) is 4.57. The van der Waals surface area contributed by atoms with Gasteiger partial charge in [0, 0.05) is 11.4 Å². The Hall–Kier alpha value is -0.230. The zero-order valence-corrected chi connectivity index (χ0v) is 10.7. The maximum atomic E-state index is 13.0. The van der Waals surface area contributed by atoms with Gasteiger partial charge in [-0.05, 0) is 44.3 Å². The zero-order chi connectivity index (χ0) is 11.1. The van der Waals surface area contributed by atoms with E-state index in [1.165, 1.54) is 0 Å². The van der Waals surface area contributed by atoms with Crippen molar-refractivity contribution in [1.82, 2.24) is 4.98 Å². The van der Waals surface area contributed by atoms with Crippen molar-refractivity contribution < 1.29 is 8.78 Å². The van der Waals surface area contributed by atoms with Crippen LogP contribution in [0.4, 0.5) is 14.6 Å². The van der Waals surface area contributed by atoms with E-state index in [2.05, 4.69) is 36.8 Å². The quantitative estimate of drug-likeness (QED) is 0.854. The molecule has 0 amide bonds. The van der Waals surface area contributed by atoms with Crippen LogP contribution < -0.4 is 5.73 Å². The van der Waals surface area contributed by atoms with E-state index in [-0.39, 0.29) is 16.0 Å². The smallest absolute Gasteiger partial charge is 0.288 e. The lowest BCUT2D eigenvalue weighted by molar-refractivity contribution is 0.0120. The Bertz CT molecular complexity index is 375. The van der Waals surface area contributed by atoms with Crippen molar-refractivity contribution in [3.05, 3.63) is 20.2 Å². The average molecular weight is 330 g/mol. The molecule has 14 heavy (non-hydrogen) atoms. The summed E-state index contributed by atoms with van der Waals surface area (Å²) in [4.78, 5) is 3.64. The number of aromatic nitrogens is 1. The molecule has 0 aliphatic rings. The summed E-state index contributed by atoms with van der Waals surface area (Å²) < 4.78 is 26.9. The van der Waals surface area contributed by atoms with Crippen molar-refractivity contribution in [2.24, 2.45) is 0 Å². The number of pyridine rings is 1. The highest BCUT2D eigenvalue weighted by atomic mass is 79.9. The molecular formula is C8H8Br2F2N2. The summed E-state index contributed by atoms with van der Waals surface area (Å²) in [5.74, 6) is -2.93. The number of hydrogen-bond acceptors (Lipinski definition) is 2. The molecule has 0 spiro atoms. The maximum Gasteiger partial charge on any atom is 0.288 e. The predicted molar refractivity (Wildman–Crippen MR) is 58.4 cm³/mol. The fraction of sp³-hybridized carbons (Fsp3) is 0.375. The summed E-state index contributed by atoms with van der Waals surface area (Å²) in [6, 6.07) is 0. The van der Waals surface area contributed by atoms with E-state index < -0.39 is 5.92 Å². The summed E-state index contributed by atoms with van der Waals surface area (Å²) in [5.41, 5.74) is 5.76. The minimum absolute atomic E-state index is 0.0715. The number of halogens is 4. The standard InChI is InChI=1S/C8H8Br2F2N2/c1-3-4(9)6(8(2,11)12)14-7(13)5(3)10/h1-2H3,(H2,13,14). The highest BCUT2D eigenvalue weighted by molar-refractivity contribution is 9.11. The Balaban J connectivity index is 3.49. The SMILES string of the molecule is Cc1c(Br)c(N)nc(C(C)(F)F)c1Br. The molecule has 1 rings (SSSR count). The Labute approximate surface area is 97.2 Å². The van der Waals surface area contributed by atoms with Crippen molar-refractivity contribution in [2.45, 2.75) is 19.8 Å². The second kappa shape index (κ2) is 3.73. The fourth-order valence-electron chi connectivity index (χ4n) is 0.976. The molecule has 6 heteroatoms. The van der Waals surface area contributed by atoms with E-state index in [1.54, 1.807) is 6.92 Å². The number of anilines is 1. The third kappa shape index (κ3) is 2.06. The lowest BCUT2D eigenvalue weighted by Crippen LogP contribution is -2.13. The summed E-state index contributed by atoms with van der Waals surface area (Å²) in [5, 5.41) is 0. The Morgan fingerprint density at radius 3 is 2.21 bits per heavy atom. The lowest BCUT2D eigenvalue weighted by Gasteiger charge is -2.15. The summed E-state index contributed by atoms with van der Waals surface area (Å²) >= 11 is 6.24. The van der Waals surface area contributed by atoms with E-state index >= 15 is 0 Å². The number of nitrogen functional groups attached to an aromatic ring is 1. The third-order valence-corrected chi connectivity index (χ3v) is 3.71. The molecule has 2 N–H and O–H groups in total. The molecule has 0 aliphatic heterocycles. The van der Waals surface area contributed by atoms with Crippen molar-refractivity contribution in [1.29, 1.82) is 0 Å². The first kappa shape index (κ1) is 11.8. The van der Waals surface area contributed by atoms with Crippen LogP contribution in [-0.4, -0.2) is 4.98 Å².